The summed E-state index contributed by atoms with van der Waals surface area (Å²) in [6.07, 6.45) is 6.49. The Morgan fingerprint density at radius 3 is 2.83 bits per heavy atom. The van der Waals surface area contributed by atoms with Crippen LogP contribution in [0.4, 0.5) is 0 Å². The summed E-state index contributed by atoms with van der Waals surface area (Å²) < 4.78 is 0. The molecule has 2 heteroatoms. The molecule has 0 aromatic rings. The van der Waals surface area contributed by atoms with E-state index >= 15 is 0 Å². The van der Waals surface area contributed by atoms with Crippen molar-refractivity contribution in [3.05, 3.63) is 23.8 Å². The van der Waals surface area contributed by atoms with Crippen molar-refractivity contribution < 1.29 is 9.59 Å². The van der Waals surface area contributed by atoms with Gasteiger partial charge in [-0.3, -0.25) is 4.79 Å². The fraction of sp³-hybridized carbons (Fsp3) is 0.625. The van der Waals surface area contributed by atoms with Gasteiger partial charge in [-0.15, -0.1) is 0 Å². The summed E-state index contributed by atoms with van der Waals surface area (Å²) in [6, 6.07) is 0. The highest BCUT2D eigenvalue weighted by molar-refractivity contribution is 5.98. The Kier molecular flexibility index (Phi) is 3.84. The van der Waals surface area contributed by atoms with E-state index in [0.29, 0.717) is 30.6 Å². The molecule has 1 fully saturated rings. The molecule has 98 valence electrons. The number of rotatable bonds is 3. The quantitative estimate of drug-likeness (QED) is 0.564. The van der Waals surface area contributed by atoms with Crippen molar-refractivity contribution in [2.45, 2.75) is 46.0 Å². The number of ketones is 2. The Bertz CT molecular complexity index is 417. The number of Topliss-reactive ketones (excluding diaryl/α,β-unsaturated/α-hetero) is 2. The van der Waals surface area contributed by atoms with E-state index in [4.69, 9.17) is 0 Å². The van der Waals surface area contributed by atoms with Crippen LogP contribution in [0.2, 0.25) is 0 Å². The summed E-state index contributed by atoms with van der Waals surface area (Å²) >= 11 is 0. The van der Waals surface area contributed by atoms with E-state index < -0.39 is 0 Å². The van der Waals surface area contributed by atoms with Crippen molar-refractivity contribution in [1.82, 2.24) is 0 Å². The zero-order valence-electron chi connectivity index (χ0n) is 11.4. The minimum atomic E-state index is 0.241. The van der Waals surface area contributed by atoms with Gasteiger partial charge < -0.3 is 4.79 Å². The van der Waals surface area contributed by atoms with Crippen molar-refractivity contribution in [3.63, 3.8) is 0 Å². The minimum absolute atomic E-state index is 0.241. The van der Waals surface area contributed by atoms with Crippen LogP contribution in [-0.2, 0) is 9.59 Å². The van der Waals surface area contributed by atoms with E-state index in [1.54, 1.807) is 6.92 Å². The molecule has 0 aliphatic heterocycles. The largest absolute Gasteiger partial charge is 0.300 e. The monoisotopic (exact) mass is 246 g/mol. The summed E-state index contributed by atoms with van der Waals surface area (Å²) in [5.74, 6) is 1.82. The second-order valence-corrected chi connectivity index (χ2v) is 5.96. The van der Waals surface area contributed by atoms with E-state index in [1.807, 2.05) is 0 Å². The van der Waals surface area contributed by atoms with Gasteiger partial charge in [-0.1, -0.05) is 25.2 Å². The molecule has 2 aliphatic carbocycles. The fourth-order valence-electron chi connectivity index (χ4n) is 3.36. The van der Waals surface area contributed by atoms with Gasteiger partial charge in [0.15, 0.2) is 5.78 Å². The van der Waals surface area contributed by atoms with Gasteiger partial charge >= 0.3 is 0 Å². The molecule has 0 aromatic carbocycles. The molecule has 0 radical (unpaired) electrons. The predicted molar refractivity (Wildman–Crippen MR) is 72.1 cm³/mol. The topological polar surface area (TPSA) is 34.1 Å². The average molecular weight is 246 g/mol. The predicted octanol–water partition coefficient (Wildman–Crippen LogP) is 3.47. The van der Waals surface area contributed by atoms with E-state index in [9.17, 15) is 9.59 Å². The number of carbonyl (C=O) groups excluding carboxylic acids is 2. The average Bonchev–Trinajstić information content (AvgIpc) is 2.48. The smallest absolute Gasteiger partial charge is 0.158 e. The zero-order valence-corrected chi connectivity index (χ0v) is 11.4. The fourth-order valence-corrected chi connectivity index (χ4v) is 3.36. The lowest BCUT2D eigenvalue weighted by Gasteiger charge is -2.18. The maximum atomic E-state index is 11.8. The molecule has 0 saturated heterocycles. The molecular weight excluding hydrogens is 224 g/mol. The molecule has 2 rings (SSSR count). The van der Waals surface area contributed by atoms with Crippen LogP contribution in [-0.4, -0.2) is 11.6 Å². The number of carbonyl (C=O) groups is 2. The summed E-state index contributed by atoms with van der Waals surface area (Å²) in [7, 11) is 0. The second-order valence-electron chi connectivity index (χ2n) is 5.96. The Balaban J connectivity index is 2.11. The first-order chi connectivity index (χ1) is 8.47. The van der Waals surface area contributed by atoms with Crippen LogP contribution in [0.1, 0.15) is 46.0 Å². The summed E-state index contributed by atoms with van der Waals surface area (Å²) in [5, 5.41) is 0. The first kappa shape index (κ1) is 13.3. The first-order valence-electron chi connectivity index (χ1n) is 6.88. The Morgan fingerprint density at radius 1 is 1.44 bits per heavy atom. The molecule has 0 bridgehead atoms. The molecular formula is C16H22O2. The zero-order chi connectivity index (χ0) is 13.3. The van der Waals surface area contributed by atoms with Gasteiger partial charge in [-0.2, -0.15) is 0 Å². The van der Waals surface area contributed by atoms with Gasteiger partial charge in [-0.05, 0) is 49.5 Å². The molecule has 0 N–H and O–H groups in total. The van der Waals surface area contributed by atoms with Gasteiger partial charge in [0.2, 0.25) is 0 Å². The highest BCUT2D eigenvalue weighted by atomic mass is 16.1. The number of allylic oxidation sites excluding steroid dienone is 3. The molecule has 0 unspecified atom stereocenters. The van der Waals surface area contributed by atoms with Crippen molar-refractivity contribution >= 4 is 11.6 Å². The SMILES string of the molecule is C=C1C(=O)C[C@H]2C[C@H](C)C=C(CCC(C)=O)C[C@H]12. The van der Waals surface area contributed by atoms with Gasteiger partial charge in [0, 0.05) is 12.8 Å². The molecule has 0 aromatic heterocycles. The van der Waals surface area contributed by atoms with E-state index in [-0.39, 0.29) is 11.6 Å². The molecule has 2 aliphatic rings. The highest BCUT2D eigenvalue weighted by Gasteiger charge is 2.38. The maximum Gasteiger partial charge on any atom is 0.158 e. The summed E-state index contributed by atoms with van der Waals surface area (Å²) in [4.78, 5) is 22.9. The molecule has 1 saturated carbocycles. The molecule has 3 atom stereocenters. The maximum absolute atomic E-state index is 11.8. The van der Waals surface area contributed by atoms with Crippen LogP contribution in [0.3, 0.4) is 0 Å². The van der Waals surface area contributed by atoms with Crippen LogP contribution in [0.5, 0.6) is 0 Å². The second kappa shape index (κ2) is 5.21. The third-order valence-electron chi connectivity index (χ3n) is 4.30. The first-order valence-corrected chi connectivity index (χ1v) is 6.88. The van der Waals surface area contributed by atoms with Crippen LogP contribution in [0.25, 0.3) is 0 Å². The minimum Gasteiger partial charge on any atom is -0.300 e. The van der Waals surface area contributed by atoms with Crippen molar-refractivity contribution in [1.29, 1.82) is 0 Å². The molecule has 0 amide bonds. The van der Waals surface area contributed by atoms with Crippen LogP contribution in [0.15, 0.2) is 23.8 Å². The van der Waals surface area contributed by atoms with E-state index in [1.165, 1.54) is 5.57 Å². The third kappa shape index (κ3) is 2.80. The van der Waals surface area contributed by atoms with Gasteiger partial charge in [0.05, 0.1) is 0 Å². The van der Waals surface area contributed by atoms with Crippen molar-refractivity contribution in [3.8, 4) is 0 Å². The normalized spacial score (nSPS) is 31.9. The number of hydrogen-bond acceptors (Lipinski definition) is 2. The van der Waals surface area contributed by atoms with Crippen molar-refractivity contribution in [2.24, 2.45) is 17.8 Å². The molecule has 2 nitrogen and oxygen atoms in total. The Hall–Kier alpha value is -1.18. The Labute approximate surface area is 109 Å². The third-order valence-corrected chi connectivity index (χ3v) is 4.30. The van der Waals surface area contributed by atoms with Gasteiger partial charge in [0.1, 0.15) is 5.78 Å². The lowest BCUT2D eigenvalue weighted by Crippen LogP contribution is -2.09. The Morgan fingerprint density at radius 2 is 2.17 bits per heavy atom. The summed E-state index contributed by atoms with van der Waals surface area (Å²) in [5.41, 5.74) is 2.17. The van der Waals surface area contributed by atoms with Crippen LogP contribution < -0.4 is 0 Å². The van der Waals surface area contributed by atoms with Gasteiger partial charge in [0.25, 0.3) is 0 Å². The number of hydrogen-bond donors (Lipinski definition) is 0. The molecule has 18 heavy (non-hydrogen) atoms. The lowest BCUT2D eigenvalue weighted by atomic mass is 9.86. The number of fused-ring (bicyclic) bond motifs is 1. The van der Waals surface area contributed by atoms with E-state index in [2.05, 4.69) is 19.6 Å². The van der Waals surface area contributed by atoms with E-state index in [0.717, 1.165) is 24.8 Å². The van der Waals surface area contributed by atoms with Crippen molar-refractivity contribution in [2.75, 3.05) is 0 Å². The lowest BCUT2D eigenvalue weighted by molar-refractivity contribution is -0.117. The van der Waals surface area contributed by atoms with Crippen LogP contribution >= 0.6 is 0 Å². The molecule has 0 spiro atoms. The van der Waals surface area contributed by atoms with Gasteiger partial charge in [-0.25, -0.2) is 0 Å². The summed E-state index contributed by atoms with van der Waals surface area (Å²) in [6.45, 7) is 7.82. The highest BCUT2D eigenvalue weighted by Crippen LogP contribution is 2.44. The molecule has 0 heterocycles. The standard InChI is InChI=1S/C16H22O2/c1-10-6-13(5-4-11(2)17)8-15-12(3)16(18)9-14(15)7-10/h6,10,14-15H,3-5,7-9H2,1-2H3/t10-,14-,15-/m1/s1. The van der Waals surface area contributed by atoms with Crippen LogP contribution in [0, 0.1) is 17.8 Å².